The van der Waals surface area contributed by atoms with E-state index in [2.05, 4.69) is 10.3 Å². The highest BCUT2D eigenvalue weighted by Crippen LogP contribution is 2.38. The minimum absolute atomic E-state index is 0.227. The van der Waals surface area contributed by atoms with Crippen molar-refractivity contribution in [3.63, 3.8) is 0 Å². The molecule has 0 spiro atoms. The van der Waals surface area contributed by atoms with Gasteiger partial charge in [-0.2, -0.15) is 0 Å². The van der Waals surface area contributed by atoms with Crippen molar-refractivity contribution in [3.05, 3.63) is 23.8 Å². The van der Waals surface area contributed by atoms with Gasteiger partial charge in [0.05, 0.1) is 16.6 Å². The summed E-state index contributed by atoms with van der Waals surface area (Å²) in [6.45, 7) is 1.12. The Morgan fingerprint density at radius 2 is 2.32 bits per heavy atom. The third-order valence-electron chi connectivity index (χ3n) is 4.25. The molecule has 0 unspecified atom stereocenters. The minimum Gasteiger partial charge on any atom is -0.386 e. The van der Waals surface area contributed by atoms with Gasteiger partial charge in [0.25, 0.3) is 0 Å². The van der Waals surface area contributed by atoms with Crippen LogP contribution in [0, 0.1) is 0 Å². The number of nitrogens with zero attached hydrogens (tertiary/aromatic N) is 2. The van der Waals surface area contributed by atoms with Crippen molar-refractivity contribution in [2.45, 2.75) is 58.0 Å². The highest BCUT2D eigenvalue weighted by atomic mass is 16.3. The number of anilines is 1. The molecule has 1 amide bonds. The lowest BCUT2D eigenvalue weighted by Crippen LogP contribution is -2.22. The predicted octanol–water partition coefficient (Wildman–Crippen LogP) is 3.34. The maximum atomic E-state index is 12.0. The zero-order valence-corrected chi connectivity index (χ0v) is 12.9. The third kappa shape index (κ3) is 2.61. The second kappa shape index (κ2) is 5.39. The van der Waals surface area contributed by atoms with Crippen LogP contribution in [0.2, 0.25) is 0 Å². The van der Waals surface area contributed by atoms with Crippen LogP contribution in [0.5, 0.6) is 0 Å². The largest absolute Gasteiger partial charge is 0.386 e. The third-order valence-corrected chi connectivity index (χ3v) is 4.25. The normalized spacial score (nSPS) is 18.4. The van der Waals surface area contributed by atoms with Gasteiger partial charge in [-0.3, -0.25) is 10.1 Å². The highest BCUT2D eigenvalue weighted by molar-refractivity contribution is 5.91. The van der Waals surface area contributed by atoms with E-state index in [1.165, 1.54) is 0 Å². The van der Waals surface area contributed by atoms with E-state index in [1.54, 1.807) is 13.8 Å². The maximum absolute atomic E-state index is 12.0. The zero-order chi connectivity index (χ0) is 18.4. The first-order chi connectivity index (χ1) is 11.5. The number of carbonyl (C=O) groups is 1. The number of amides is 1. The van der Waals surface area contributed by atoms with Crippen LogP contribution in [-0.2, 0) is 10.4 Å². The Morgan fingerprint density at radius 1 is 1.55 bits per heavy atom. The van der Waals surface area contributed by atoms with Gasteiger partial charge in [-0.15, -0.1) is 0 Å². The molecule has 1 aliphatic rings. The van der Waals surface area contributed by atoms with E-state index in [1.807, 2.05) is 22.8 Å². The average molecular weight is 304 g/mol. The van der Waals surface area contributed by atoms with Gasteiger partial charge < -0.3 is 9.67 Å². The van der Waals surface area contributed by atoms with Crippen LogP contribution in [-0.4, -0.2) is 20.6 Å². The van der Waals surface area contributed by atoms with Crippen molar-refractivity contribution in [3.8, 4) is 0 Å². The van der Waals surface area contributed by atoms with Crippen molar-refractivity contribution >= 4 is 22.9 Å². The molecule has 5 nitrogen and oxygen atoms in total. The summed E-state index contributed by atoms with van der Waals surface area (Å²) in [6, 6.07) is 5.75. The van der Waals surface area contributed by atoms with Crippen molar-refractivity contribution in [1.29, 1.82) is 0 Å². The molecule has 0 bridgehead atoms. The summed E-state index contributed by atoms with van der Waals surface area (Å²) < 4.78 is 23.7. The summed E-state index contributed by atoms with van der Waals surface area (Å²) in [6.07, 6.45) is 2.54. The summed E-state index contributed by atoms with van der Waals surface area (Å²) in [7, 11) is 0. The van der Waals surface area contributed by atoms with Gasteiger partial charge in [-0.25, -0.2) is 4.98 Å². The number of nitrogens with one attached hydrogen (secondary N) is 1. The Labute approximate surface area is 134 Å². The van der Waals surface area contributed by atoms with Gasteiger partial charge >= 0.3 is 0 Å². The first kappa shape index (κ1) is 11.7. The van der Waals surface area contributed by atoms with E-state index in [0.717, 1.165) is 30.3 Å². The predicted molar refractivity (Wildman–Crippen MR) is 86.8 cm³/mol. The fourth-order valence-electron chi connectivity index (χ4n) is 2.75. The Bertz CT molecular complexity index is 802. The van der Waals surface area contributed by atoms with E-state index in [9.17, 15) is 9.90 Å². The molecule has 1 aliphatic carbocycles. The summed E-state index contributed by atoms with van der Waals surface area (Å²) >= 11 is 0. The quantitative estimate of drug-likeness (QED) is 0.910. The van der Waals surface area contributed by atoms with Crippen LogP contribution >= 0.6 is 0 Å². The molecule has 1 heterocycles. The molecular weight excluding hydrogens is 278 g/mol. The summed E-state index contributed by atoms with van der Waals surface area (Å²) in [5, 5.41) is 12.9. The smallest absolute Gasteiger partial charge is 0.226 e. The minimum atomic E-state index is -2.31. The molecular formula is C17H23N3O2. The van der Waals surface area contributed by atoms with E-state index < -0.39 is 24.8 Å². The van der Waals surface area contributed by atoms with Gasteiger partial charge in [-0.05, 0) is 50.8 Å². The SMILES string of the molecule is [2H]C([2H])([2H])CC(=O)Nc1nc2ccc(C(C)(C)O)cc2n1C1CCC1. The first-order valence-electron chi connectivity index (χ1n) is 9.09. The van der Waals surface area contributed by atoms with Crippen LogP contribution in [0.4, 0.5) is 5.95 Å². The average Bonchev–Trinajstić information content (AvgIpc) is 2.71. The number of aliphatic hydroxyl groups is 1. The van der Waals surface area contributed by atoms with Gasteiger partial charge in [0.15, 0.2) is 0 Å². The number of rotatable bonds is 4. The van der Waals surface area contributed by atoms with E-state index in [0.29, 0.717) is 11.5 Å². The molecule has 2 aromatic rings. The Balaban J connectivity index is 2.01. The maximum Gasteiger partial charge on any atom is 0.226 e. The first-order valence-corrected chi connectivity index (χ1v) is 7.59. The lowest BCUT2D eigenvalue weighted by molar-refractivity contribution is -0.115. The van der Waals surface area contributed by atoms with Crippen molar-refractivity contribution < 1.29 is 14.0 Å². The highest BCUT2D eigenvalue weighted by Gasteiger charge is 2.26. The molecule has 0 atom stereocenters. The molecule has 5 heteroatoms. The van der Waals surface area contributed by atoms with E-state index in [-0.39, 0.29) is 6.04 Å². The topological polar surface area (TPSA) is 67.2 Å². The molecule has 2 N–H and O–H groups in total. The number of hydrogen-bond donors (Lipinski definition) is 2. The van der Waals surface area contributed by atoms with Gasteiger partial charge in [0.1, 0.15) is 0 Å². The van der Waals surface area contributed by atoms with Crippen LogP contribution in [0.3, 0.4) is 0 Å². The molecule has 0 radical (unpaired) electrons. The molecule has 1 aromatic carbocycles. The molecule has 1 aromatic heterocycles. The molecule has 1 saturated carbocycles. The van der Waals surface area contributed by atoms with E-state index in [4.69, 9.17) is 4.11 Å². The van der Waals surface area contributed by atoms with Crippen LogP contribution in [0.1, 0.15) is 62.1 Å². The summed E-state index contributed by atoms with van der Waals surface area (Å²) in [5.74, 6) is -0.194. The fraction of sp³-hybridized carbons (Fsp3) is 0.529. The second-order valence-corrected chi connectivity index (χ2v) is 6.38. The monoisotopic (exact) mass is 304 g/mol. The molecule has 3 rings (SSSR count). The molecule has 118 valence electrons. The second-order valence-electron chi connectivity index (χ2n) is 6.38. The van der Waals surface area contributed by atoms with Gasteiger partial charge in [0, 0.05) is 16.6 Å². The molecule has 22 heavy (non-hydrogen) atoms. The molecule has 0 saturated heterocycles. The number of aromatic nitrogens is 2. The Morgan fingerprint density at radius 3 is 2.91 bits per heavy atom. The lowest BCUT2D eigenvalue weighted by Gasteiger charge is -2.29. The van der Waals surface area contributed by atoms with Crippen molar-refractivity contribution in [2.24, 2.45) is 0 Å². The standard InChI is InChI=1S/C17H23N3O2/c1-4-15(21)19-16-18-13-9-8-11(17(2,3)22)10-14(13)20(16)12-6-5-7-12/h8-10,12,22H,4-7H2,1-3H3,(H,18,19,21)/i1D3. The van der Waals surface area contributed by atoms with Crippen molar-refractivity contribution in [2.75, 3.05) is 5.32 Å². The van der Waals surface area contributed by atoms with Crippen LogP contribution < -0.4 is 5.32 Å². The number of benzene rings is 1. The molecule has 0 aliphatic heterocycles. The number of imidazole rings is 1. The van der Waals surface area contributed by atoms with Crippen LogP contribution in [0.25, 0.3) is 11.0 Å². The van der Waals surface area contributed by atoms with Gasteiger partial charge in [0.2, 0.25) is 11.9 Å². The lowest BCUT2D eigenvalue weighted by atomic mass is 9.92. The fourth-order valence-corrected chi connectivity index (χ4v) is 2.75. The summed E-state index contributed by atoms with van der Waals surface area (Å²) in [4.78, 5) is 16.5. The summed E-state index contributed by atoms with van der Waals surface area (Å²) in [5.41, 5.74) is 1.34. The number of carbonyl (C=O) groups excluding carboxylic acids is 1. The van der Waals surface area contributed by atoms with E-state index >= 15 is 0 Å². The van der Waals surface area contributed by atoms with Gasteiger partial charge in [-0.1, -0.05) is 12.9 Å². The zero-order valence-electron chi connectivity index (χ0n) is 15.9. The number of fused-ring (bicyclic) bond motifs is 1. The Hall–Kier alpha value is -1.88. The molecule has 1 fully saturated rings. The van der Waals surface area contributed by atoms with Crippen molar-refractivity contribution in [1.82, 2.24) is 9.55 Å². The number of hydrogen-bond acceptors (Lipinski definition) is 3. The van der Waals surface area contributed by atoms with Crippen LogP contribution in [0.15, 0.2) is 18.2 Å². The Kier molecular flexibility index (Phi) is 2.86.